The Bertz CT molecular complexity index is 1560. The zero-order valence-electron chi connectivity index (χ0n) is 24.5. The fraction of sp³-hybridized carbons (Fsp3) is 0.371. The number of halogens is 2. The molecule has 1 saturated carbocycles. The van der Waals surface area contributed by atoms with E-state index in [0.29, 0.717) is 40.3 Å². The number of carbonyl (C=O) groups excluding carboxylic acids is 2. The van der Waals surface area contributed by atoms with Gasteiger partial charge in [-0.1, -0.05) is 48.0 Å². The third-order valence-electron chi connectivity index (χ3n) is 8.97. The standard InChI is InChI=1S/C35H38ClFN2O2S/c1-22(40)39(3)29-17-12-24(13-18-29)25-14-19-31(37)27(20-25)9-8-26(23-10-15-28(38-2)16-11-23)21-32(41)35-34(36)30-6-4-5-7-33(30)42-35/h4-7,12-14,17-20,23,26,28,38H,8-11,15-16,21H2,1-3H3. The molecule has 1 aromatic heterocycles. The van der Waals surface area contributed by atoms with E-state index in [0.717, 1.165) is 59.0 Å². The third kappa shape index (κ3) is 6.77. The van der Waals surface area contributed by atoms with Crippen molar-refractivity contribution in [1.29, 1.82) is 0 Å². The molecule has 0 bridgehead atoms. The van der Waals surface area contributed by atoms with Crippen LogP contribution in [0.5, 0.6) is 0 Å². The summed E-state index contributed by atoms with van der Waals surface area (Å²) in [6.45, 7) is 1.53. The highest BCUT2D eigenvalue weighted by atomic mass is 35.5. The molecule has 1 fully saturated rings. The minimum Gasteiger partial charge on any atom is -0.317 e. The molecule has 0 radical (unpaired) electrons. The minimum absolute atomic E-state index is 0.0334. The van der Waals surface area contributed by atoms with Gasteiger partial charge in [-0.05, 0) is 104 Å². The van der Waals surface area contributed by atoms with Crippen LogP contribution < -0.4 is 10.2 Å². The van der Waals surface area contributed by atoms with Crippen molar-refractivity contribution in [3.8, 4) is 11.1 Å². The maximum Gasteiger partial charge on any atom is 0.223 e. The van der Waals surface area contributed by atoms with Crippen molar-refractivity contribution in [2.45, 2.75) is 57.9 Å². The van der Waals surface area contributed by atoms with Crippen molar-refractivity contribution in [3.63, 3.8) is 0 Å². The SMILES string of the molecule is CNC1CCC(C(CCc2cc(-c3ccc(N(C)C(C)=O)cc3)ccc2F)CC(=O)c2sc3ccccc3c2Cl)CC1. The van der Waals surface area contributed by atoms with E-state index in [-0.39, 0.29) is 23.4 Å². The van der Waals surface area contributed by atoms with E-state index in [1.54, 1.807) is 18.0 Å². The molecule has 220 valence electrons. The number of thiophene rings is 1. The maximum atomic E-state index is 15.1. The molecule has 1 amide bonds. The van der Waals surface area contributed by atoms with Gasteiger partial charge in [-0.25, -0.2) is 4.39 Å². The van der Waals surface area contributed by atoms with Crippen molar-refractivity contribution >= 4 is 50.4 Å². The van der Waals surface area contributed by atoms with E-state index in [1.165, 1.54) is 24.3 Å². The second-order valence-corrected chi connectivity index (χ2v) is 12.9. The summed E-state index contributed by atoms with van der Waals surface area (Å²) >= 11 is 8.16. The van der Waals surface area contributed by atoms with Crippen LogP contribution in [0.1, 0.15) is 60.7 Å². The van der Waals surface area contributed by atoms with Gasteiger partial charge in [0.15, 0.2) is 5.78 Å². The number of anilines is 1. The largest absolute Gasteiger partial charge is 0.317 e. The lowest BCUT2D eigenvalue weighted by molar-refractivity contribution is -0.116. The molecule has 7 heteroatoms. The summed E-state index contributed by atoms with van der Waals surface area (Å²) in [5.74, 6) is 0.411. The zero-order valence-corrected chi connectivity index (χ0v) is 26.0. The Balaban J connectivity index is 1.35. The molecule has 5 rings (SSSR count). The Labute approximate surface area is 256 Å². The Kier molecular flexibility index (Phi) is 9.77. The first-order valence-electron chi connectivity index (χ1n) is 14.8. The van der Waals surface area contributed by atoms with Gasteiger partial charge in [0.05, 0.1) is 9.90 Å². The lowest BCUT2D eigenvalue weighted by atomic mass is 9.74. The van der Waals surface area contributed by atoms with Crippen molar-refractivity contribution < 1.29 is 14.0 Å². The predicted molar refractivity (Wildman–Crippen MR) is 173 cm³/mol. The number of nitrogens with one attached hydrogen (secondary N) is 1. The number of aryl methyl sites for hydroxylation is 1. The summed E-state index contributed by atoms with van der Waals surface area (Å²) in [7, 11) is 3.76. The zero-order chi connectivity index (χ0) is 29.8. The second-order valence-electron chi connectivity index (χ2n) is 11.5. The Hall–Kier alpha value is -3.06. The predicted octanol–water partition coefficient (Wildman–Crippen LogP) is 8.94. The van der Waals surface area contributed by atoms with E-state index >= 15 is 4.39 Å². The number of carbonyl (C=O) groups is 2. The monoisotopic (exact) mass is 604 g/mol. The molecule has 1 unspecified atom stereocenters. The van der Waals surface area contributed by atoms with Crippen LogP contribution in [0.25, 0.3) is 21.2 Å². The van der Waals surface area contributed by atoms with Gasteiger partial charge in [0, 0.05) is 42.2 Å². The van der Waals surface area contributed by atoms with E-state index in [2.05, 4.69) is 5.32 Å². The van der Waals surface area contributed by atoms with Crippen LogP contribution in [0, 0.1) is 17.7 Å². The van der Waals surface area contributed by atoms with Gasteiger partial charge in [0.2, 0.25) is 5.91 Å². The van der Waals surface area contributed by atoms with Crippen LogP contribution in [0.3, 0.4) is 0 Å². The number of fused-ring (bicyclic) bond motifs is 1. The number of amides is 1. The first-order chi connectivity index (χ1) is 20.2. The molecule has 42 heavy (non-hydrogen) atoms. The molecule has 4 nitrogen and oxygen atoms in total. The first kappa shape index (κ1) is 30.4. The smallest absolute Gasteiger partial charge is 0.223 e. The fourth-order valence-corrected chi connectivity index (χ4v) is 7.74. The molecule has 1 aliphatic carbocycles. The minimum atomic E-state index is -0.219. The lowest BCUT2D eigenvalue weighted by Gasteiger charge is -2.34. The molecule has 1 atom stereocenters. The van der Waals surface area contributed by atoms with Crippen molar-refractivity contribution in [2.75, 3.05) is 19.0 Å². The molecule has 0 spiro atoms. The molecule has 1 heterocycles. The summed E-state index contributed by atoms with van der Waals surface area (Å²) in [5, 5.41) is 4.89. The highest BCUT2D eigenvalue weighted by Crippen LogP contribution is 2.40. The van der Waals surface area contributed by atoms with Gasteiger partial charge in [-0.3, -0.25) is 9.59 Å². The van der Waals surface area contributed by atoms with Gasteiger partial charge < -0.3 is 10.2 Å². The number of Topliss-reactive ketones (excluding diaryl/α,β-unsaturated/α-hetero) is 1. The molecular weight excluding hydrogens is 567 g/mol. The highest BCUT2D eigenvalue weighted by Gasteiger charge is 2.30. The van der Waals surface area contributed by atoms with E-state index in [9.17, 15) is 9.59 Å². The average Bonchev–Trinajstić information content (AvgIpc) is 3.36. The summed E-state index contributed by atoms with van der Waals surface area (Å²) in [5.41, 5.74) is 3.38. The molecular formula is C35H38ClFN2O2S. The molecule has 0 aliphatic heterocycles. The summed E-state index contributed by atoms with van der Waals surface area (Å²) in [6, 6.07) is 21.4. The normalized spacial score (nSPS) is 17.7. The Morgan fingerprint density at radius 1 is 1.02 bits per heavy atom. The van der Waals surface area contributed by atoms with Gasteiger partial charge in [0.25, 0.3) is 0 Å². The average molecular weight is 605 g/mol. The van der Waals surface area contributed by atoms with Crippen LogP contribution >= 0.6 is 22.9 Å². The molecule has 3 aromatic carbocycles. The summed E-state index contributed by atoms with van der Waals surface area (Å²) < 4.78 is 16.1. The Morgan fingerprint density at radius 3 is 2.38 bits per heavy atom. The molecule has 0 saturated heterocycles. The number of ketones is 1. The highest BCUT2D eigenvalue weighted by molar-refractivity contribution is 7.21. The fourth-order valence-electron chi connectivity index (χ4n) is 6.25. The molecule has 1 aliphatic rings. The van der Waals surface area contributed by atoms with Gasteiger partial charge in [-0.2, -0.15) is 0 Å². The summed E-state index contributed by atoms with van der Waals surface area (Å²) in [4.78, 5) is 27.6. The number of rotatable bonds is 10. The van der Waals surface area contributed by atoms with Crippen molar-refractivity contribution in [3.05, 3.63) is 88.0 Å². The topological polar surface area (TPSA) is 49.4 Å². The number of nitrogens with zero attached hydrogens (tertiary/aromatic N) is 1. The van der Waals surface area contributed by atoms with Crippen LogP contribution in [-0.4, -0.2) is 31.8 Å². The number of benzene rings is 3. The lowest BCUT2D eigenvalue weighted by Crippen LogP contribution is -2.33. The van der Waals surface area contributed by atoms with Crippen LogP contribution in [-0.2, 0) is 11.2 Å². The third-order valence-corrected chi connectivity index (χ3v) is 10.7. The maximum absolute atomic E-state index is 15.1. The van der Waals surface area contributed by atoms with Crippen LogP contribution in [0.15, 0.2) is 66.7 Å². The van der Waals surface area contributed by atoms with E-state index in [1.807, 2.05) is 61.6 Å². The van der Waals surface area contributed by atoms with Gasteiger partial charge in [-0.15, -0.1) is 11.3 Å². The van der Waals surface area contributed by atoms with Gasteiger partial charge in [0.1, 0.15) is 5.82 Å². The first-order valence-corrected chi connectivity index (χ1v) is 15.9. The van der Waals surface area contributed by atoms with Crippen molar-refractivity contribution in [1.82, 2.24) is 5.32 Å². The van der Waals surface area contributed by atoms with E-state index in [4.69, 9.17) is 11.6 Å². The number of hydrogen-bond acceptors (Lipinski definition) is 4. The van der Waals surface area contributed by atoms with E-state index < -0.39 is 0 Å². The Morgan fingerprint density at radius 2 is 1.71 bits per heavy atom. The van der Waals surface area contributed by atoms with Crippen molar-refractivity contribution in [2.24, 2.45) is 11.8 Å². The quantitative estimate of drug-likeness (QED) is 0.184. The van der Waals surface area contributed by atoms with Crippen LogP contribution in [0.4, 0.5) is 10.1 Å². The van der Waals surface area contributed by atoms with Gasteiger partial charge >= 0.3 is 0 Å². The molecule has 4 aromatic rings. The summed E-state index contributed by atoms with van der Waals surface area (Å²) in [6.07, 6.45) is 6.04. The number of hydrogen-bond donors (Lipinski definition) is 1. The van der Waals surface area contributed by atoms with Crippen LogP contribution in [0.2, 0.25) is 5.02 Å². The molecule has 1 N–H and O–H groups in total. The second kappa shape index (κ2) is 13.5.